The van der Waals surface area contributed by atoms with E-state index in [1.54, 1.807) is 6.92 Å². The topological polar surface area (TPSA) is 72.2 Å². The number of carbonyl (C=O) groups is 2. The largest absolute Gasteiger partial charge is 0.366 e. The van der Waals surface area contributed by atoms with Gasteiger partial charge in [0.05, 0.1) is 0 Å². The summed E-state index contributed by atoms with van der Waals surface area (Å²) in [7, 11) is 0. The molecule has 0 saturated carbocycles. The highest BCUT2D eigenvalue weighted by atomic mass is 16.1. The van der Waals surface area contributed by atoms with Gasteiger partial charge in [0.1, 0.15) is 0 Å². The molecule has 0 heterocycles. The normalized spacial score (nSPS) is 7.54. The zero-order valence-corrected chi connectivity index (χ0v) is 8.09. The highest BCUT2D eigenvalue weighted by molar-refractivity contribution is 5.90. The van der Waals surface area contributed by atoms with Crippen LogP contribution in [0, 0.1) is 0 Å². The van der Waals surface area contributed by atoms with E-state index in [-0.39, 0.29) is 5.91 Å². The van der Waals surface area contributed by atoms with E-state index in [9.17, 15) is 9.59 Å². The fourth-order valence-electron chi connectivity index (χ4n) is 0.246. The number of likely N-dealkylation sites (N-methyl/N-ethyl adjacent to an activating group) is 1. The summed E-state index contributed by atoms with van der Waals surface area (Å²) in [5.74, 6) is -0.544. The van der Waals surface area contributed by atoms with Crippen LogP contribution in [0.15, 0.2) is 24.8 Å². The molecule has 0 aliphatic heterocycles. The third-order valence-corrected chi connectivity index (χ3v) is 0.957. The van der Waals surface area contributed by atoms with Crippen LogP contribution in [0.1, 0.15) is 13.8 Å². The molecule has 0 aliphatic rings. The number of amides is 2. The smallest absolute Gasteiger partial charge is 0.243 e. The van der Waals surface area contributed by atoms with Crippen molar-refractivity contribution in [2.45, 2.75) is 13.8 Å². The number of carbonyl (C=O) groups excluding carboxylic acids is 2. The molecule has 4 nitrogen and oxygen atoms in total. The fraction of sp³-hybridized carbons (Fsp3) is 0.333. The predicted octanol–water partition coefficient (Wildman–Crippen LogP) is 0.356. The monoisotopic (exact) mass is 184 g/mol. The van der Waals surface area contributed by atoms with Crippen LogP contribution in [0.25, 0.3) is 0 Å². The quantitative estimate of drug-likeness (QED) is 0.621. The molecule has 0 aromatic rings. The van der Waals surface area contributed by atoms with Crippen molar-refractivity contribution in [3.05, 3.63) is 24.8 Å². The lowest BCUT2D eigenvalue weighted by Gasteiger charge is -1.90. The van der Waals surface area contributed by atoms with Crippen LogP contribution in [-0.4, -0.2) is 18.4 Å². The van der Waals surface area contributed by atoms with Gasteiger partial charge in [-0.1, -0.05) is 13.2 Å². The lowest BCUT2D eigenvalue weighted by atomic mass is 10.3. The first kappa shape index (κ1) is 14.0. The van der Waals surface area contributed by atoms with Crippen LogP contribution in [0.2, 0.25) is 0 Å². The number of hydrogen-bond donors (Lipinski definition) is 2. The Morgan fingerprint density at radius 3 is 2.00 bits per heavy atom. The summed E-state index contributed by atoms with van der Waals surface area (Å²) in [5, 5.41) is 2.54. The summed E-state index contributed by atoms with van der Waals surface area (Å²) in [6, 6.07) is 0. The Kier molecular flexibility index (Phi) is 9.15. The van der Waals surface area contributed by atoms with Gasteiger partial charge in [0.25, 0.3) is 0 Å². The molecule has 0 fully saturated rings. The maximum Gasteiger partial charge on any atom is 0.243 e. The van der Waals surface area contributed by atoms with Crippen molar-refractivity contribution in [2.75, 3.05) is 6.54 Å². The Labute approximate surface area is 78.5 Å². The molecule has 2 amide bonds. The van der Waals surface area contributed by atoms with Crippen LogP contribution in [0.3, 0.4) is 0 Å². The second-order valence-electron chi connectivity index (χ2n) is 2.24. The molecule has 0 unspecified atom stereocenters. The summed E-state index contributed by atoms with van der Waals surface area (Å²) in [5.41, 5.74) is 5.09. The van der Waals surface area contributed by atoms with Gasteiger partial charge in [0.15, 0.2) is 0 Å². The molecule has 0 aliphatic carbocycles. The second kappa shape index (κ2) is 8.52. The maximum atomic E-state index is 10.2. The van der Waals surface area contributed by atoms with Crippen molar-refractivity contribution in [2.24, 2.45) is 5.73 Å². The van der Waals surface area contributed by atoms with E-state index in [1.807, 2.05) is 6.92 Å². The summed E-state index contributed by atoms with van der Waals surface area (Å²) < 4.78 is 0. The highest BCUT2D eigenvalue weighted by Crippen LogP contribution is 1.78. The first-order valence-electron chi connectivity index (χ1n) is 3.81. The molecule has 13 heavy (non-hydrogen) atoms. The van der Waals surface area contributed by atoms with E-state index in [1.165, 1.54) is 6.08 Å². The van der Waals surface area contributed by atoms with E-state index < -0.39 is 5.91 Å². The molecule has 4 heteroatoms. The average molecular weight is 184 g/mol. The number of primary amides is 1. The van der Waals surface area contributed by atoms with Crippen molar-refractivity contribution in [3.8, 4) is 0 Å². The lowest BCUT2D eigenvalue weighted by Crippen LogP contribution is -2.19. The summed E-state index contributed by atoms with van der Waals surface area (Å²) in [4.78, 5) is 20.0. The first-order valence-corrected chi connectivity index (χ1v) is 3.81. The molecule has 0 bridgehead atoms. The minimum absolute atomic E-state index is 0.109. The molecule has 0 rings (SSSR count). The van der Waals surface area contributed by atoms with E-state index >= 15 is 0 Å². The summed E-state index contributed by atoms with van der Waals surface area (Å²) >= 11 is 0. The first-order chi connectivity index (χ1) is 5.95. The summed E-state index contributed by atoms with van der Waals surface area (Å²) in [6.07, 6.45) is 1.25. The zero-order chi connectivity index (χ0) is 10.9. The van der Waals surface area contributed by atoms with E-state index in [2.05, 4.69) is 18.5 Å². The molecule has 74 valence electrons. The molecule has 0 aromatic heterocycles. The van der Waals surface area contributed by atoms with Gasteiger partial charge in [0.2, 0.25) is 11.8 Å². The molecule has 0 radical (unpaired) electrons. The fourth-order valence-corrected chi connectivity index (χ4v) is 0.246. The SMILES string of the molecule is C=C(C)C(N)=O.C=CC(=O)NCC. The van der Waals surface area contributed by atoms with Gasteiger partial charge in [-0.3, -0.25) is 9.59 Å². The third-order valence-electron chi connectivity index (χ3n) is 0.957. The van der Waals surface area contributed by atoms with Gasteiger partial charge < -0.3 is 11.1 Å². The minimum atomic E-state index is -0.435. The number of nitrogens with one attached hydrogen (secondary N) is 1. The Morgan fingerprint density at radius 2 is 1.92 bits per heavy atom. The second-order valence-corrected chi connectivity index (χ2v) is 2.24. The number of nitrogens with two attached hydrogens (primary N) is 1. The van der Waals surface area contributed by atoms with Crippen molar-refractivity contribution >= 4 is 11.8 Å². The molecule has 0 saturated heterocycles. The maximum absolute atomic E-state index is 10.2. The molecule has 0 spiro atoms. The molecular formula is C9H16N2O2. The standard InChI is InChI=1S/C5H9NO.C4H7NO/c1-3-5(7)6-4-2;1-3(2)4(5)6/h3H,1,4H2,2H3,(H,6,7);1H2,2H3,(H2,5,6). The van der Waals surface area contributed by atoms with Crippen molar-refractivity contribution in [1.82, 2.24) is 5.32 Å². The number of rotatable bonds is 3. The van der Waals surface area contributed by atoms with Gasteiger partial charge >= 0.3 is 0 Å². The van der Waals surface area contributed by atoms with Gasteiger partial charge in [-0.25, -0.2) is 0 Å². The highest BCUT2D eigenvalue weighted by Gasteiger charge is 1.86. The average Bonchev–Trinajstić information content (AvgIpc) is 2.05. The van der Waals surface area contributed by atoms with Gasteiger partial charge in [-0.15, -0.1) is 0 Å². The van der Waals surface area contributed by atoms with Crippen LogP contribution in [0.5, 0.6) is 0 Å². The van der Waals surface area contributed by atoms with Crippen molar-refractivity contribution in [1.29, 1.82) is 0 Å². The lowest BCUT2D eigenvalue weighted by molar-refractivity contribution is -0.116. The van der Waals surface area contributed by atoms with Crippen LogP contribution in [0.4, 0.5) is 0 Å². The predicted molar refractivity (Wildman–Crippen MR) is 52.9 cm³/mol. The van der Waals surface area contributed by atoms with Crippen molar-refractivity contribution in [3.63, 3.8) is 0 Å². The van der Waals surface area contributed by atoms with Crippen LogP contribution < -0.4 is 11.1 Å². The Balaban J connectivity index is 0. The molecule has 0 aromatic carbocycles. The zero-order valence-electron chi connectivity index (χ0n) is 8.09. The summed E-state index contributed by atoms with van der Waals surface area (Å²) in [6.45, 7) is 10.7. The van der Waals surface area contributed by atoms with Gasteiger partial charge in [-0.2, -0.15) is 0 Å². The Bertz CT molecular complexity index is 198. The van der Waals surface area contributed by atoms with E-state index in [0.29, 0.717) is 12.1 Å². The van der Waals surface area contributed by atoms with Crippen molar-refractivity contribution < 1.29 is 9.59 Å². The van der Waals surface area contributed by atoms with Gasteiger partial charge in [0, 0.05) is 12.1 Å². The molecule has 0 atom stereocenters. The van der Waals surface area contributed by atoms with Gasteiger partial charge in [-0.05, 0) is 19.9 Å². The Morgan fingerprint density at radius 1 is 1.54 bits per heavy atom. The van der Waals surface area contributed by atoms with E-state index in [4.69, 9.17) is 5.73 Å². The third kappa shape index (κ3) is 13.4. The van der Waals surface area contributed by atoms with E-state index in [0.717, 1.165) is 0 Å². The molecular weight excluding hydrogens is 168 g/mol. The molecule has 3 N–H and O–H groups in total. The Hall–Kier alpha value is -1.58. The van der Waals surface area contributed by atoms with Crippen LogP contribution in [-0.2, 0) is 9.59 Å². The minimum Gasteiger partial charge on any atom is -0.366 e. The number of hydrogen-bond acceptors (Lipinski definition) is 2. The van der Waals surface area contributed by atoms with Crippen LogP contribution >= 0.6 is 0 Å².